The molecule has 0 spiro atoms. The normalized spacial score (nSPS) is 46.6. The van der Waals surface area contributed by atoms with Crippen LogP contribution in [0.15, 0.2) is 0 Å². The van der Waals surface area contributed by atoms with E-state index in [1.54, 1.807) is 14.2 Å². The number of ether oxygens (including phenoxy) is 5. The predicted octanol–water partition coefficient (Wildman–Crippen LogP) is 1.32. The molecule has 8 atom stereocenters. The fourth-order valence-corrected chi connectivity index (χ4v) is 3.64. The molecule has 0 saturated carbocycles. The maximum absolute atomic E-state index is 6.21. The first kappa shape index (κ1) is 18.1. The van der Waals surface area contributed by atoms with Crippen molar-refractivity contribution in [3.63, 3.8) is 0 Å². The quantitative estimate of drug-likeness (QED) is 0.825. The smallest absolute Gasteiger partial charge is 0.161 e. The van der Waals surface area contributed by atoms with Crippen LogP contribution in [0.3, 0.4) is 0 Å². The molecule has 22 heavy (non-hydrogen) atoms. The highest BCUT2D eigenvalue weighted by atomic mass is 16.7. The molecule has 2 fully saturated rings. The second-order valence-corrected chi connectivity index (χ2v) is 6.36. The van der Waals surface area contributed by atoms with Gasteiger partial charge in [0.25, 0.3) is 0 Å². The Morgan fingerprint density at radius 1 is 0.909 bits per heavy atom. The van der Waals surface area contributed by atoms with Crippen molar-refractivity contribution in [2.45, 2.75) is 82.6 Å². The minimum Gasteiger partial charge on any atom is -0.380 e. The van der Waals surface area contributed by atoms with E-state index in [4.69, 9.17) is 23.7 Å². The minimum atomic E-state index is -0.299. The lowest BCUT2D eigenvalue weighted by atomic mass is 9.97. The lowest BCUT2D eigenvalue weighted by Crippen LogP contribution is -2.57. The van der Waals surface area contributed by atoms with Crippen LogP contribution in [0, 0.1) is 0 Å². The molecule has 6 heteroatoms. The largest absolute Gasteiger partial charge is 0.380 e. The molecule has 0 amide bonds. The summed E-state index contributed by atoms with van der Waals surface area (Å²) in [7, 11) is 5.39. The molecule has 6 nitrogen and oxygen atoms in total. The highest BCUT2D eigenvalue weighted by Crippen LogP contribution is 2.29. The average molecular weight is 317 g/mol. The third kappa shape index (κ3) is 3.99. The fourth-order valence-electron chi connectivity index (χ4n) is 3.64. The Balaban J connectivity index is 2.00. The topological polar surface area (TPSA) is 58.2 Å². The molecular formula is C16H31NO5. The van der Waals surface area contributed by atoms with Crippen LogP contribution in [0.4, 0.5) is 0 Å². The Kier molecular flexibility index (Phi) is 6.61. The Morgan fingerprint density at radius 2 is 1.59 bits per heavy atom. The van der Waals surface area contributed by atoms with Gasteiger partial charge in [0.2, 0.25) is 0 Å². The molecule has 0 aliphatic carbocycles. The van der Waals surface area contributed by atoms with Gasteiger partial charge in [0.15, 0.2) is 6.29 Å². The van der Waals surface area contributed by atoms with Crippen molar-refractivity contribution in [1.82, 2.24) is 5.32 Å². The zero-order valence-corrected chi connectivity index (χ0v) is 14.6. The first-order valence-corrected chi connectivity index (χ1v) is 8.19. The third-order valence-corrected chi connectivity index (χ3v) is 4.79. The second kappa shape index (κ2) is 8.04. The summed E-state index contributed by atoms with van der Waals surface area (Å²) < 4.78 is 29.3. The van der Waals surface area contributed by atoms with Crippen LogP contribution in [-0.2, 0) is 23.7 Å². The van der Waals surface area contributed by atoms with Crippen molar-refractivity contribution < 1.29 is 23.7 Å². The van der Waals surface area contributed by atoms with Gasteiger partial charge in [0.05, 0.1) is 36.6 Å². The first-order valence-electron chi connectivity index (χ1n) is 8.19. The second-order valence-electron chi connectivity index (χ2n) is 6.36. The van der Waals surface area contributed by atoms with Gasteiger partial charge >= 0.3 is 0 Å². The molecule has 0 unspecified atom stereocenters. The molecule has 2 heterocycles. The Bertz CT molecular complexity index is 342. The van der Waals surface area contributed by atoms with E-state index in [9.17, 15) is 0 Å². The summed E-state index contributed by atoms with van der Waals surface area (Å²) in [5.74, 6) is 0. The van der Waals surface area contributed by atoms with E-state index in [1.165, 1.54) is 0 Å². The molecule has 0 aromatic heterocycles. The van der Waals surface area contributed by atoms with E-state index in [0.717, 1.165) is 6.42 Å². The molecular weight excluding hydrogens is 286 g/mol. The van der Waals surface area contributed by atoms with Gasteiger partial charge in [-0.25, -0.2) is 0 Å². The molecule has 2 aliphatic rings. The lowest BCUT2D eigenvalue weighted by molar-refractivity contribution is -0.283. The fraction of sp³-hybridized carbons (Fsp3) is 1.00. The molecule has 0 bridgehead atoms. The molecule has 2 rings (SSSR count). The molecule has 0 aromatic rings. The van der Waals surface area contributed by atoms with Crippen molar-refractivity contribution >= 4 is 0 Å². The van der Waals surface area contributed by atoms with E-state index < -0.39 is 0 Å². The molecule has 2 aliphatic heterocycles. The van der Waals surface area contributed by atoms with Crippen molar-refractivity contribution in [3.05, 3.63) is 0 Å². The van der Waals surface area contributed by atoms with E-state index in [-0.39, 0.29) is 49.0 Å². The number of methoxy groups -OCH3 is 2. The summed E-state index contributed by atoms with van der Waals surface area (Å²) in [5.41, 5.74) is 0. The zero-order valence-electron chi connectivity index (χ0n) is 14.6. The van der Waals surface area contributed by atoms with Crippen LogP contribution >= 0.6 is 0 Å². The van der Waals surface area contributed by atoms with Crippen molar-refractivity contribution in [2.24, 2.45) is 0 Å². The number of likely N-dealkylation sites (N-methyl/N-ethyl adjacent to an activating group) is 1. The number of rotatable bonds is 5. The lowest BCUT2D eigenvalue weighted by Gasteiger charge is -2.44. The van der Waals surface area contributed by atoms with E-state index in [0.29, 0.717) is 6.42 Å². The van der Waals surface area contributed by atoms with Gasteiger partial charge in [-0.05, 0) is 27.8 Å². The molecule has 0 radical (unpaired) electrons. The summed E-state index contributed by atoms with van der Waals surface area (Å²) in [6.45, 7) is 6.14. The standard InChI is InChI=1S/C16H31NO5/c1-9-7-13(19-6)16(11(3)20-9)22-14-8-12(18-5)15(17-4)10(2)21-14/h9-17H,7-8H2,1-6H3/t9-,10-,11-,12-,13-,14-,15+,16-/m0/s1. The van der Waals surface area contributed by atoms with E-state index >= 15 is 0 Å². The highest BCUT2D eigenvalue weighted by molar-refractivity contribution is 4.89. The number of hydrogen-bond donors (Lipinski definition) is 1. The van der Waals surface area contributed by atoms with Gasteiger partial charge in [0, 0.05) is 27.1 Å². The first-order chi connectivity index (χ1) is 10.5. The minimum absolute atomic E-state index is 0.0179. The van der Waals surface area contributed by atoms with Crippen LogP contribution in [0.5, 0.6) is 0 Å². The van der Waals surface area contributed by atoms with Gasteiger partial charge in [0.1, 0.15) is 6.10 Å². The van der Waals surface area contributed by atoms with Gasteiger partial charge < -0.3 is 29.0 Å². The highest BCUT2D eigenvalue weighted by Gasteiger charge is 2.41. The summed E-state index contributed by atoms with van der Waals surface area (Å²) in [6.07, 6.45) is 1.39. The third-order valence-electron chi connectivity index (χ3n) is 4.79. The average Bonchev–Trinajstić information content (AvgIpc) is 2.48. The van der Waals surface area contributed by atoms with Crippen LogP contribution in [0.2, 0.25) is 0 Å². The van der Waals surface area contributed by atoms with E-state index in [1.807, 2.05) is 20.9 Å². The van der Waals surface area contributed by atoms with Crippen LogP contribution in [0.1, 0.15) is 33.6 Å². The predicted molar refractivity (Wildman–Crippen MR) is 82.9 cm³/mol. The van der Waals surface area contributed by atoms with Gasteiger partial charge in [-0.1, -0.05) is 0 Å². The summed E-state index contributed by atoms with van der Waals surface area (Å²) >= 11 is 0. The molecule has 2 saturated heterocycles. The van der Waals surface area contributed by atoms with Crippen LogP contribution in [-0.4, -0.2) is 70.2 Å². The Morgan fingerprint density at radius 3 is 2.18 bits per heavy atom. The van der Waals surface area contributed by atoms with Crippen LogP contribution in [0.25, 0.3) is 0 Å². The maximum Gasteiger partial charge on any atom is 0.161 e. The molecule has 130 valence electrons. The van der Waals surface area contributed by atoms with Crippen LogP contribution < -0.4 is 5.32 Å². The van der Waals surface area contributed by atoms with Gasteiger partial charge in [-0.15, -0.1) is 0 Å². The van der Waals surface area contributed by atoms with Crippen molar-refractivity contribution in [1.29, 1.82) is 0 Å². The van der Waals surface area contributed by atoms with Crippen molar-refractivity contribution in [3.8, 4) is 0 Å². The molecule has 0 aromatic carbocycles. The molecule has 1 N–H and O–H groups in total. The Labute approximate surface area is 133 Å². The van der Waals surface area contributed by atoms with Gasteiger partial charge in [-0.2, -0.15) is 0 Å². The number of nitrogens with one attached hydrogen (secondary N) is 1. The van der Waals surface area contributed by atoms with Crippen molar-refractivity contribution in [2.75, 3.05) is 21.3 Å². The Hall–Kier alpha value is -0.240. The maximum atomic E-state index is 6.21. The SMILES string of the molecule is CN[C@@H]1[C@H](C)O[C@@H](O[C@H]2[C@H](C)O[C@@H](C)C[C@@H]2OC)C[C@@H]1OC. The summed E-state index contributed by atoms with van der Waals surface area (Å²) in [5, 5.41) is 3.26. The zero-order chi connectivity index (χ0) is 16.3. The van der Waals surface area contributed by atoms with E-state index in [2.05, 4.69) is 12.2 Å². The van der Waals surface area contributed by atoms with Gasteiger partial charge in [-0.3, -0.25) is 0 Å². The monoisotopic (exact) mass is 317 g/mol. The number of hydrogen-bond acceptors (Lipinski definition) is 6. The summed E-state index contributed by atoms with van der Waals surface area (Å²) in [6, 6.07) is 0.170. The summed E-state index contributed by atoms with van der Waals surface area (Å²) in [4.78, 5) is 0.